The maximum absolute atomic E-state index is 12.2. The van der Waals surface area contributed by atoms with Gasteiger partial charge in [-0.05, 0) is 56.0 Å². The van der Waals surface area contributed by atoms with Crippen LogP contribution in [0.1, 0.15) is 36.0 Å². The highest BCUT2D eigenvalue weighted by molar-refractivity contribution is 5.90. The molecule has 1 rings (SSSR count). The van der Waals surface area contributed by atoms with E-state index >= 15 is 0 Å². The first-order valence-electron chi connectivity index (χ1n) is 9.80. The Labute approximate surface area is 177 Å². The maximum atomic E-state index is 12.2. The Kier molecular flexibility index (Phi) is 12.1. The Morgan fingerprint density at radius 1 is 0.900 bits per heavy atom. The summed E-state index contributed by atoms with van der Waals surface area (Å²) >= 11 is 0. The number of amides is 2. The van der Waals surface area contributed by atoms with Gasteiger partial charge in [0.1, 0.15) is 0 Å². The van der Waals surface area contributed by atoms with Gasteiger partial charge < -0.3 is 24.8 Å². The van der Waals surface area contributed by atoms with Crippen molar-refractivity contribution in [1.29, 1.82) is 0 Å². The average Bonchev–Trinajstić information content (AvgIpc) is 2.77. The van der Waals surface area contributed by atoms with Crippen LogP contribution in [0.15, 0.2) is 43.5 Å². The molecule has 164 valence electrons. The van der Waals surface area contributed by atoms with Crippen LogP contribution in [0, 0.1) is 0 Å². The van der Waals surface area contributed by atoms with Gasteiger partial charge in [0.05, 0.1) is 25.9 Å². The SMILES string of the molecule is C=CC(=O)NCCCCOC(=O)c1ccc(OC)c(OCCCCNC(=O)C=C)c1. The van der Waals surface area contributed by atoms with Gasteiger partial charge in [-0.3, -0.25) is 9.59 Å². The molecule has 0 atom stereocenters. The van der Waals surface area contributed by atoms with E-state index in [0.29, 0.717) is 49.6 Å². The molecular formula is C22H30N2O6. The van der Waals surface area contributed by atoms with Crippen LogP contribution in [0.5, 0.6) is 11.5 Å². The molecule has 8 heteroatoms. The third-order valence-corrected chi connectivity index (χ3v) is 4.00. The fraction of sp³-hybridized carbons (Fsp3) is 0.409. The van der Waals surface area contributed by atoms with Crippen molar-refractivity contribution < 1.29 is 28.6 Å². The first kappa shape index (κ1) is 24.7. The predicted molar refractivity (Wildman–Crippen MR) is 114 cm³/mol. The summed E-state index contributed by atoms with van der Waals surface area (Å²) in [6.45, 7) is 8.47. The summed E-state index contributed by atoms with van der Waals surface area (Å²) in [5.74, 6) is 0.0908. The van der Waals surface area contributed by atoms with Crippen LogP contribution < -0.4 is 20.1 Å². The Bertz CT molecular complexity index is 732. The summed E-state index contributed by atoms with van der Waals surface area (Å²) in [6, 6.07) is 4.86. The quantitative estimate of drug-likeness (QED) is 0.258. The topological polar surface area (TPSA) is 103 Å². The van der Waals surface area contributed by atoms with Gasteiger partial charge in [-0.25, -0.2) is 4.79 Å². The molecule has 0 saturated heterocycles. The van der Waals surface area contributed by atoms with E-state index < -0.39 is 5.97 Å². The number of rotatable bonds is 15. The molecule has 0 spiro atoms. The molecule has 0 saturated carbocycles. The van der Waals surface area contributed by atoms with Crippen LogP contribution in [0.2, 0.25) is 0 Å². The van der Waals surface area contributed by atoms with Crippen LogP contribution in [-0.2, 0) is 14.3 Å². The fourth-order valence-electron chi connectivity index (χ4n) is 2.37. The van der Waals surface area contributed by atoms with Crippen molar-refractivity contribution in [3.8, 4) is 11.5 Å². The first-order valence-corrected chi connectivity index (χ1v) is 9.80. The highest BCUT2D eigenvalue weighted by Crippen LogP contribution is 2.28. The van der Waals surface area contributed by atoms with Crippen LogP contribution >= 0.6 is 0 Å². The molecule has 0 bridgehead atoms. The van der Waals surface area contributed by atoms with E-state index in [-0.39, 0.29) is 18.4 Å². The van der Waals surface area contributed by atoms with E-state index in [0.717, 1.165) is 12.8 Å². The second-order valence-electron chi connectivity index (χ2n) is 6.25. The van der Waals surface area contributed by atoms with Crippen molar-refractivity contribution >= 4 is 17.8 Å². The van der Waals surface area contributed by atoms with Gasteiger partial charge in [0.15, 0.2) is 11.5 Å². The standard InChI is InChI=1S/C22H30N2O6/c1-4-20(25)23-12-6-8-14-29-19-16-17(10-11-18(19)28-3)22(27)30-15-9-7-13-24-21(26)5-2/h4-5,10-11,16H,1-2,6-9,12-15H2,3H3,(H,23,25)(H,24,26). The van der Waals surface area contributed by atoms with E-state index in [1.54, 1.807) is 18.2 Å². The average molecular weight is 418 g/mol. The van der Waals surface area contributed by atoms with E-state index in [2.05, 4.69) is 23.8 Å². The highest BCUT2D eigenvalue weighted by atomic mass is 16.5. The van der Waals surface area contributed by atoms with Crippen LogP contribution in [0.4, 0.5) is 0 Å². The van der Waals surface area contributed by atoms with Gasteiger partial charge in [-0.2, -0.15) is 0 Å². The number of methoxy groups -OCH3 is 1. The zero-order valence-corrected chi connectivity index (χ0v) is 17.4. The fourth-order valence-corrected chi connectivity index (χ4v) is 2.37. The van der Waals surface area contributed by atoms with Gasteiger partial charge in [-0.15, -0.1) is 0 Å². The molecule has 0 radical (unpaired) electrons. The normalized spacial score (nSPS) is 9.90. The van der Waals surface area contributed by atoms with Crippen molar-refractivity contribution in [2.75, 3.05) is 33.4 Å². The molecule has 2 amide bonds. The van der Waals surface area contributed by atoms with E-state index in [1.165, 1.54) is 19.3 Å². The summed E-state index contributed by atoms with van der Waals surface area (Å²) in [5, 5.41) is 5.35. The van der Waals surface area contributed by atoms with Crippen LogP contribution in [0.25, 0.3) is 0 Å². The third kappa shape index (κ3) is 9.77. The second-order valence-corrected chi connectivity index (χ2v) is 6.25. The second kappa shape index (κ2) is 14.7. The molecule has 2 N–H and O–H groups in total. The van der Waals surface area contributed by atoms with E-state index in [4.69, 9.17) is 14.2 Å². The molecule has 0 heterocycles. The number of hydrogen-bond donors (Lipinski definition) is 2. The molecule has 0 fully saturated rings. The largest absolute Gasteiger partial charge is 0.493 e. The lowest BCUT2D eigenvalue weighted by molar-refractivity contribution is -0.117. The lowest BCUT2D eigenvalue weighted by Crippen LogP contribution is -2.22. The lowest BCUT2D eigenvalue weighted by atomic mass is 10.2. The van der Waals surface area contributed by atoms with Crippen molar-refractivity contribution in [3.05, 3.63) is 49.1 Å². The highest BCUT2D eigenvalue weighted by Gasteiger charge is 2.12. The van der Waals surface area contributed by atoms with Gasteiger partial charge in [0.25, 0.3) is 0 Å². The molecule has 0 aliphatic rings. The zero-order chi connectivity index (χ0) is 22.2. The summed E-state index contributed by atoms with van der Waals surface area (Å²) in [4.78, 5) is 34.3. The molecule has 8 nitrogen and oxygen atoms in total. The zero-order valence-electron chi connectivity index (χ0n) is 17.4. The van der Waals surface area contributed by atoms with Gasteiger partial charge in [0, 0.05) is 13.1 Å². The molecule has 30 heavy (non-hydrogen) atoms. The summed E-state index contributed by atoms with van der Waals surface area (Å²) in [7, 11) is 1.52. The summed E-state index contributed by atoms with van der Waals surface area (Å²) in [6.07, 6.45) is 5.23. The molecule has 1 aromatic carbocycles. The third-order valence-electron chi connectivity index (χ3n) is 4.00. The summed E-state index contributed by atoms with van der Waals surface area (Å²) in [5.41, 5.74) is 0.365. The Morgan fingerprint density at radius 2 is 1.50 bits per heavy atom. The minimum absolute atomic E-state index is 0.203. The van der Waals surface area contributed by atoms with E-state index in [1.807, 2.05) is 0 Å². The number of hydrogen-bond acceptors (Lipinski definition) is 6. The Morgan fingerprint density at radius 3 is 2.07 bits per heavy atom. The molecule has 0 aliphatic heterocycles. The molecule has 0 unspecified atom stereocenters. The molecule has 1 aromatic rings. The van der Waals surface area contributed by atoms with Gasteiger partial charge in [-0.1, -0.05) is 13.2 Å². The molecule has 0 aliphatic carbocycles. The molecule has 0 aromatic heterocycles. The number of ether oxygens (including phenoxy) is 3. The van der Waals surface area contributed by atoms with Crippen LogP contribution in [-0.4, -0.2) is 51.2 Å². The minimum Gasteiger partial charge on any atom is -0.493 e. The maximum Gasteiger partial charge on any atom is 0.338 e. The van der Waals surface area contributed by atoms with Crippen LogP contribution in [0.3, 0.4) is 0 Å². The van der Waals surface area contributed by atoms with Crippen molar-refractivity contribution in [2.24, 2.45) is 0 Å². The van der Waals surface area contributed by atoms with Crippen molar-refractivity contribution in [3.63, 3.8) is 0 Å². The first-order chi connectivity index (χ1) is 14.5. The van der Waals surface area contributed by atoms with Crippen molar-refractivity contribution in [2.45, 2.75) is 25.7 Å². The number of carbonyl (C=O) groups excluding carboxylic acids is 3. The molecular weight excluding hydrogens is 388 g/mol. The van der Waals surface area contributed by atoms with Crippen molar-refractivity contribution in [1.82, 2.24) is 10.6 Å². The lowest BCUT2D eigenvalue weighted by Gasteiger charge is -2.12. The number of benzene rings is 1. The number of esters is 1. The Balaban J connectivity index is 2.41. The Hall–Kier alpha value is -3.29. The minimum atomic E-state index is -0.454. The predicted octanol–water partition coefficient (Wildman–Crippen LogP) is 2.40. The van der Waals surface area contributed by atoms with Gasteiger partial charge in [0.2, 0.25) is 11.8 Å². The van der Waals surface area contributed by atoms with Gasteiger partial charge >= 0.3 is 5.97 Å². The number of nitrogens with one attached hydrogen (secondary N) is 2. The smallest absolute Gasteiger partial charge is 0.338 e. The monoisotopic (exact) mass is 418 g/mol. The van der Waals surface area contributed by atoms with E-state index in [9.17, 15) is 14.4 Å². The number of unbranched alkanes of at least 4 members (excludes halogenated alkanes) is 2. The number of carbonyl (C=O) groups is 3. The summed E-state index contributed by atoms with van der Waals surface area (Å²) < 4.78 is 16.3.